The van der Waals surface area contributed by atoms with Gasteiger partial charge in [0.1, 0.15) is 0 Å². The molecule has 2 aromatic carbocycles. The molecule has 0 aliphatic rings. The summed E-state index contributed by atoms with van der Waals surface area (Å²) in [6.45, 7) is 2.47. The minimum atomic E-state index is -0.259. The Morgan fingerprint density at radius 2 is 1.88 bits per heavy atom. The lowest BCUT2D eigenvalue weighted by atomic mass is 10.2. The fourth-order valence-electron chi connectivity index (χ4n) is 2.47. The van der Waals surface area contributed by atoms with Crippen LogP contribution in [0.15, 0.2) is 53.9 Å². The van der Waals surface area contributed by atoms with Gasteiger partial charge in [-0.1, -0.05) is 29.8 Å². The number of hydrogen-bond acceptors (Lipinski definition) is 6. The second-order valence-electron chi connectivity index (χ2n) is 6.78. The average Bonchev–Trinajstić information content (AvgIpc) is 3.27. The van der Waals surface area contributed by atoms with Gasteiger partial charge in [-0.25, -0.2) is 4.98 Å². The highest BCUT2D eigenvalue weighted by molar-refractivity contribution is 7.14. The van der Waals surface area contributed by atoms with E-state index in [1.165, 1.54) is 22.3 Å². The van der Waals surface area contributed by atoms with Crippen molar-refractivity contribution in [3.63, 3.8) is 0 Å². The molecule has 0 aliphatic carbocycles. The summed E-state index contributed by atoms with van der Waals surface area (Å²) >= 11 is 7.27. The SMILES string of the molecule is CCOc1ccc(/C=C/C(=O)Nc2nc(-c3ccc(Cl)cc3)cs2)cc1OC.CN(C)C=O. The predicted molar refractivity (Wildman–Crippen MR) is 134 cm³/mol. The van der Waals surface area contributed by atoms with Crippen molar-refractivity contribution in [3.8, 4) is 22.8 Å². The fraction of sp³-hybridized carbons (Fsp3) is 0.208. The van der Waals surface area contributed by atoms with E-state index in [1.807, 2.05) is 54.8 Å². The summed E-state index contributed by atoms with van der Waals surface area (Å²) in [5.74, 6) is 1.03. The van der Waals surface area contributed by atoms with E-state index in [1.54, 1.807) is 27.3 Å². The number of rotatable bonds is 8. The van der Waals surface area contributed by atoms with E-state index >= 15 is 0 Å². The van der Waals surface area contributed by atoms with Crippen LogP contribution in [-0.2, 0) is 9.59 Å². The van der Waals surface area contributed by atoms with Gasteiger partial charge in [0.15, 0.2) is 16.6 Å². The van der Waals surface area contributed by atoms with E-state index in [0.29, 0.717) is 28.3 Å². The molecule has 3 rings (SSSR count). The zero-order chi connectivity index (χ0) is 24.2. The molecule has 0 atom stereocenters. The highest BCUT2D eigenvalue weighted by Crippen LogP contribution is 2.29. The first-order valence-electron chi connectivity index (χ1n) is 9.99. The fourth-order valence-corrected chi connectivity index (χ4v) is 3.31. The molecule has 0 unspecified atom stereocenters. The minimum Gasteiger partial charge on any atom is -0.493 e. The molecule has 1 aromatic heterocycles. The Morgan fingerprint density at radius 3 is 2.48 bits per heavy atom. The molecule has 0 saturated heterocycles. The standard InChI is InChI=1S/C21H19ClN2O3S.C3H7NO/c1-3-27-18-10-4-14(12-19(18)26-2)5-11-20(25)24-21-23-17(13-28-21)15-6-8-16(22)9-7-15;1-4(2)3-5/h4-13H,3H2,1-2H3,(H,23,24,25);3H,1-2H3/b11-5+;. The lowest BCUT2D eigenvalue weighted by molar-refractivity contribution is -0.116. The van der Waals surface area contributed by atoms with Gasteiger partial charge in [-0.05, 0) is 42.8 Å². The third-order valence-electron chi connectivity index (χ3n) is 4.00. The lowest BCUT2D eigenvalue weighted by Gasteiger charge is -2.09. The number of methoxy groups -OCH3 is 1. The number of benzene rings is 2. The smallest absolute Gasteiger partial charge is 0.250 e. The molecule has 9 heteroatoms. The van der Waals surface area contributed by atoms with E-state index in [4.69, 9.17) is 21.1 Å². The number of anilines is 1. The molecule has 1 N–H and O–H groups in total. The molecule has 7 nitrogen and oxygen atoms in total. The van der Waals surface area contributed by atoms with Gasteiger partial charge in [-0.3, -0.25) is 14.9 Å². The Balaban J connectivity index is 0.000000696. The van der Waals surface area contributed by atoms with Gasteiger partial charge < -0.3 is 14.4 Å². The number of aromatic nitrogens is 1. The molecule has 0 saturated carbocycles. The molecular weight excluding hydrogens is 462 g/mol. The van der Waals surface area contributed by atoms with Crippen LogP contribution in [-0.4, -0.2) is 50.0 Å². The highest BCUT2D eigenvalue weighted by atomic mass is 35.5. The quantitative estimate of drug-likeness (QED) is 0.347. The van der Waals surface area contributed by atoms with E-state index < -0.39 is 0 Å². The third-order valence-corrected chi connectivity index (χ3v) is 5.01. The topological polar surface area (TPSA) is 80.8 Å². The first-order chi connectivity index (χ1) is 15.9. The van der Waals surface area contributed by atoms with Gasteiger partial charge in [0.2, 0.25) is 12.3 Å². The number of nitrogens with zero attached hydrogens (tertiary/aromatic N) is 2. The number of amides is 2. The largest absolute Gasteiger partial charge is 0.493 e. The molecule has 0 radical (unpaired) electrons. The Hall–Kier alpha value is -3.36. The van der Waals surface area contributed by atoms with Gasteiger partial charge in [0, 0.05) is 36.1 Å². The molecule has 33 heavy (non-hydrogen) atoms. The van der Waals surface area contributed by atoms with Gasteiger partial charge in [0.25, 0.3) is 0 Å². The van der Waals surface area contributed by atoms with E-state index in [2.05, 4.69) is 10.3 Å². The second kappa shape index (κ2) is 13.2. The normalized spacial score (nSPS) is 10.2. The van der Waals surface area contributed by atoms with Crippen LogP contribution >= 0.6 is 22.9 Å². The van der Waals surface area contributed by atoms with Crippen LogP contribution < -0.4 is 14.8 Å². The molecular formula is C24H26ClN3O4S. The number of nitrogens with one attached hydrogen (secondary N) is 1. The molecule has 0 spiro atoms. The summed E-state index contributed by atoms with van der Waals surface area (Å²) in [4.78, 5) is 27.5. The maximum Gasteiger partial charge on any atom is 0.250 e. The summed E-state index contributed by atoms with van der Waals surface area (Å²) < 4.78 is 10.8. The van der Waals surface area contributed by atoms with Crippen molar-refractivity contribution in [2.24, 2.45) is 0 Å². The van der Waals surface area contributed by atoms with Crippen molar-refractivity contribution in [2.75, 3.05) is 33.1 Å². The molecule has 0 fully saturated rings. The Bertz CT molecular complexity index is 1080. The molecule has 174 valence electrons. The van der Waals surface area contributed by atoms with Crippen molar-refractivity contribution in [1.82, 2.24) is 9.88 Å². The van der Waals surface area contributed by atoms with Crippen LogP contribution in [0.25, 0.3) is 17.3 Å². The van der Waals surface area contributed by atoms with Crippen molar-refractivity contribution < 1.29 is 19.1 Å². The number of hydrogen-bond donors (Lipinski definition) is 1. The number of carbonyl (C=O) groups excluding carboxylic acids is 2. The zero-order valence-electron chi connectivity index (χ0n) is 18.9. The number of thiazole rings is 1. The number of halogens is 1. The van der Waals surface area contributed by atoms with Gasteiger partial charge in [-0.15, -0.1) is 11.3 Å². The summed E-state index contributed by atoms with van der Waals surface area (Å²) in [5, 5.41) is 5.86. The number of ether oxygens (including phenoxy) is 2. The van der Waals surface area contributed by atoms with Crippen LogP contribution in [0.4, 0.5) is 5.13 Å². The molecule has 2 amide bonds. The van der Waals surface area contributed by atoms with Gasteiger partial charge in [-0.2, -0.15) is 0 Å². The van der Waals surface area contributed by atoms with Crippen molar-refractivity contribution in [2.45, 2.75) is 6.92 Å². The number of carbonyl (C=O) groups is 2. The summed E-state index contributed by atoms with van der Waals surface area (Å²) in [6.07, 6.45) is 3.92. The van der Waals surface area contributed by atoms with E-state index in [-0.39, 0.29) is 5.91 Å². The maximum absolute atomic E-state index is 12.2. The highest BCUT2D eigenvalue weighted by Gasteiger charge is 2.07. The first-order valence-corrected chi connectivity index (χ1v) is 11.2. The van der Waals surface area contributed by atoms with Crippen LogP contribution in [0.3, 0.4) is 0 Å². The summed E-state index contributed by atoms with van der Waals surface area (Å²) in [6, 6.07) is 12.9. The molecule has 0 bridgehead atoms. The van der Waals surface area contributed by atoms with Crippen LogP contribution in [0.5, 0.6) is 11.5 Å². The van der Waals surface area contributed by atoms with E-state index in [9.17, 15) is 9.59 Å². The van der Waals surface area contributed by atoms with Gasteiger partial charge >= 0.3 is 0 Å². The minimum absolute atomic E-state index is 0.259. The van der Waals surface area contributed by atoms with Crippen LogP contribution in [0.2, 0.25) is 5.02 Å². The van der Waals surface area contributed by atoms with Crippen molar-refractivity contribution in [1.29, 1.82) is 0 Å². The maximum atomic E-state index is 12.2. The third kappa shape index (κ3) is 8.59. The van der Waals surface area contributed by atoms with Gasteiger partial charge in [0.05, 0.1) is 19.4 Å². The Morgan fingerprint density at radius 1 is 1.18 bits per heavy atom. The molecule has 1 heterocycles. The summed E-state index contributed by atoms with van der Waals surface area (Å²) in [7, 11) is 4.96. The van der Waals surface area contributed by atoms with Crippen LogP contribution in [0, 0.1) is 0 Å². The predicted octanol–water partition coefficient (Wildman–Crippen LogP) is 5.23. The van der Waals surface area contributed by atoms with Crippen LogP contribution in [0.1, 0.15) is 12.5 Å². The second-order valence-corrected chi connectivity index (χ2v) is 8.07. The zero-order valence-corrected chi connectivity index (χ0v) is 20.4. The summed E-state index contributed by atoms with van der Waals surface area (Å²) in [5.41, 5.74) is 2.56. The molecule has 0 aliphatic heterocycles. The first kappa shape index (κ1) is 25.9. The lowest BCUT2D eigenvalue weighted by Crippen LogP contribution is -2.07. The molecule has 3 aromatic rings. The van der Waals surface area contributed by atoms with E-state index in [0.717, 1.165) is 23.2 Å². The average molecular weight is 488 g/mol. The van der Waals surface area contributed by atoms with Crippen molar-refractivity contribution in [3.05, 3.63) is 64.5 Å². The Kier molecular flexibility index (Phi) is 10.4. The monoisotopic (exact) mass is 487 g/mol. The Labute approximate surface area is 202 Å². The van der Waals surface area contributed by atoms with Crippen molar-refractivity contribution >= 4 is 46.5 Å².